The summed E-state index contributed by atoms with van der Waals surface area (Å²) in [4.78, 5) is 14.0. The molecule has 0 bridgehead atoms. The molecule has 0 unspecified atom stereocenters. The Hall–Kier alpha value is -1.55. The fourth-order valence-corrected chi connectivity index (χ4v) is 2.54. The first kappa shape index (κ1) is 13.9. The van der Waals surface area contributed by atoms with Crippen molar-refractivity contribution in [2.45, 2.75) is 32.4 Å². The van der Waals surface area contributed by atoms with Gasteiger partial charge in [0.05, 0.1) is 7.11 Å². The lowest BCUT2D eigenvalue weighted by molar-refractivity contribution is -0.137. The van der Waals surface area contributed by atoms with Crippen molar-refractivity contribution in [2.24, 2.45) is 11.7 Å². The monoisotopic (exact) mass is 262 g/mol. The van der Waals surface area contributed by atoms with Crippen molar-refractivity contribution in [2.75, 3.05) is 14.2 Å². The molecule has 2 N–H and O–H groups in total. The summed E-state index contributed by atoms with van der Waals surface area (Å²) in [6.45, 7) is 2.62. The van der Waals surface area contributed by atoms with Gasteiger partial charge in [-0.25, -0.2) is 0 Å². The molecule has 19 heavy (non-hydrogen) atoms. The van der Waals surface area contributed by atoms with Crippen LogP contribution < -0.4 is 10.5 Å². The van der Waals surface area contributed by atoms with Gasteiger partial charge in [-0.05, 0) is 25.8 Å². The second-order valence-electron chi connectivity index (χ2n) is 5.44. The van der Waals surface area contributed by atoms with E-state index >= 15 is 0 Å². The normalized spacial score (nSPS) is 21.7. The average Bonchev–Trinajstić information content (AvgIpc) is 2.34. The zero-order valence-corrected chi connectivity index (χ0v) is 11.8. The van der Waals surface area contributed by atoms with Crippen LogP contribution in [0.25, 0.3) is 0 Å². The number of aryl methyl sites for hydroxylation is 1. The summed E-state index contributed by atoms with van der Waals surface area (Å²) in [5.74, 6) is 1.12. The van der Waals surface area contributed by atoms with E-state index in [4.69, 9.17) is 10.5 Å². The summed E-state index contributed by atoms with van der Waals surface area (Å²) in [6.07, 6.45) is 1.63. The number of nitrogens with zero attached hydrogens (tertiary/aromatic N) is 1. The van der Waals surface area contributed by atoms with Gasteiger partial charge >= 0.3 is 0 Å². The van der Waals surface area contributed by atoms with Crippen LogP contribution in [0.2, 0.25) is 0 Å². The number of rotatable bonds is 4. The second-order valence-corrected chi connectivity index (χ2v) is 5.44. The van der Waals surface area contributed by atoms with Crippen LogP contribution >= 0.6 is 0 Å². The number of carbonyl (C=O) groups excluding carboxylic acids is 1. The summed E-state index contributed by atoms with van der Waals surface area (Å²) in [5, 5.41) is 0. The molecule has 4 heteroatoms. The fourth-order valence-electron chi connectivity index (χ4n) is 2.54. The standard InChI is InChI=1S/C15H22N2O2/c1-10-4-5-14(19-3)12(6-10)9-17(2)15(18)11-7-13(16)8-11/h4-6,11,13H,7-9,16H2,1-3H3. The van der Waals surface area contributed by atoms with E-state index in [0.29, 0.717) is 6.54 Å². The van der Waals surface area contributed by atoms with E-state index < -0.39 is 0 Å². The molecular weight excluding hydrogens is 240 g/mol. The lowest BCUT2D eigenvalue weighted by Gasteiger charge is -2.34. The first-order valence-electron chi connectivity index (χ1n) is 6.65. The molecule has 0 radical (unpaired) electrons. The Balaban J connectivity index is 2.03. The topological polar surface area (TPSA) is 55.6 Å². The number of carbonyl (C=O) groups is 1. The minimum atomic E-state index is 0.107. The quantitative estimate of drug-likeness (QED) is 0.898. The van der Waals surface area contributed by atoms with Gasteiger partial charge in [0, 0.05) is 31.1 Å². The number of amides is 1. The van der Waals surface area contributed by atoms with Gasteiger partial charge in [-0.15, -0.1) is 0 Å². The first-order valence-corrected chi connectivity index (χ1v) is 6.65. The van der Waals surface area contributed by atoms with E-state index in [1.165, 1.54) is 5.56 Å². The highest BCUT2D eigenvalue weighted by atomic mass is 16.5. The van der Waals surface area contributed by atoms with Gasteiger partial charge in [0.15, 0.2) is 0 Å². The third kappa shape index (κ3) is 3.07. The predicted octanol–water partition coefficient (Wildman–Crippen LogP) is 1.70. The minimum absolute atomic E-state index is 0.107. The second kappa shape index (κ2) is 5.61. The zero-order valence-electron chi connectivity index (χ0n) is 11.8. The maximum atomic E-state index is 12.2. The van der Waals surface area contributed by atoms with Crippen molar-refractivity contribution < 1.29 is 9.53 Å². The van der Waals surface area contributed by atoms with Gasteiger partial charge in [-0.3, -0.25) is 4.79 Å². The third-order valence-corrected chi connectivity index (χ3v) is 3.74. The predicted molar refractivity (Wildman–Crippen MR) is 74.9 cm³/mol. The molecule has 2 rings (SSSR count). The minimum Gasteiger partial charge on any atom is -0.496 e. The van der Waals surface area contributed by atoms with Crippen molar-refractivity contribution in [3.63, 3.8) is 0 Å². The molecular formula is C15H22N2O2. The van der Waals surface area contributed by atoms with Gasteiger partial charge in [-0.1, -0.05) is 17.7 Å². The third-order valence-electron chi connectivity index (χ3n) is 3.74. The van der Waals surface area contributed by atoms with Crippen LogP contribution in [0.15, 0.2) is 18.2 Å². The molecule has 1 fully saturated rings. The van der Waals surface area contributed by atoms with Crippen molar-refractivity contribution in [1.82, 2.24) is 4.90 Å². The lowest BCUT2D eigenvalue weighted by Crippen LogP contribution is -2.45. The zero-order chi connectivity index (χ0) is 14.0. The summed E-state index contributed by atoms with van der Waals surface area (Å²) in [5.41, 5.74) is 7.95. The summed E-state index contributed by atoms with van der Waals surface area (Å²) >= 11 is 0. The largest absolute Gasteiger partial charge is 0.496 e. The number of benzene rings is 1. The Morgan fingerprint density at radius 3 is 2.74 bits per heavy atom. The van der Waals surface area contributed by atoms with E-state index in [1.807, 2.05) is 26.1 Å². The maximum absolute atomic E-state index is 12.2. The molecule has 4 nitrogen and oxygen atoms in total. The molecule has 1 aliphatic carbocycles. The number of hydrogen-bond acceptors (Lipinski definition) is 3. The van der Waals surface area contributed by atoms with Crippen molar-refractivity contribution in [1.29, 1.82) is 0 Å². The van der Waals surface area contributed by atoms with E-state index in [1.54, 1.807) is 12.0 Å². The number of hydrogen-bond donors (Lipinski definition) is 1. The summed E-state index contributed by atoms with van der Waals surface area (Å²) in [6, 6.07) is 6.22. The Morgan fingerprint density at radius 1 is 1.47 bits per heavy atom. The molecule has 1 aliphatic rings. The number of nitrogens with two attached hydrogens (primary N) is 1. The Labute approximate surface area is 114 Å². The van der Waals surface area contributed by atoms with Gasteiger partial charge < -0.3 is 15.4 Å². The number of ether oxygens (including phenoxy) is 1. The Morgan fingerprint density at radius 2 is 2.16 bits per heavy atom. The fraction of sp³-hybridized carbons (Fsp3) is 0.533. The first-order chi connectivity index (χ1) is 9.01. The molecule has 104 valence electrons. The highest BCUT2D eigenvalue weighted by Gasteiger charge is 2.33. The molecule has 1 aromatic carbocycles. The van der Waals surface area contributed by atoms with Crippen LogP contribution in [0.3, 0.4) is 0 Å². The van der Waals surface area contributed by atoms with Gasteiger partial charge in [0.1, 0.15) is 5.75 Å². The summed E-state index contributed by atoms with van der Waals surface area (Å²) < 4.78 is 5.34. The van der Waals surface area contributed by atoms with Crippen LogP contribution in [-0.2, 0) is 11.3 Å². The van der Waals surface area contributed by atoms with Crippen LogP contribution in [-0.4, -0.2) is 31.0 Å². The van der Waals surface area contributed by atoms with E-state index in [9.17, 15) is 4.79 Å². The molecule has 0 heterocycles. The molecule has 0 atom stereocenters. The molecule has 0 aliphatic heterocycles. The van der Waals surface area contributed by atoms with Crippen molar-refractivity contribution >= 4 is 5.91 Å². The van der Waals surface area contributed by atoms with E-state index in [-0.39, 0.29) is 17.9 Å². The molecule has 1 saturated carbocycles. The van der Waals surface area contributed by atoms with E-state index in [0.717, 1.165) is 24.2 Å². The molecule has 0 saturated heterocycles. The van der Waals surface area contributed by atoms with Crippen LogP contribution in [0, 0.1) is 12.8 Å². The molecule has 1 amide bonds. The molecule has 0 spiro atoms. The SMILES string of the molecule is COc1ccc(C)cc1CN(C)C(=O)C1CC(N)C1. The smallest absolute Gasteiger partial charge is 0.225 e. The molecule has 1 aromatic rings. The maximum Gasteiger partial charge on any atom is 0.225 e. The van der Waals surface area contributed by atoms with Gasteiger partial charge in [0.25, 0.3) is 0 Å². The molecule has 0 aromatic heterocycles. The van der Waals surface area contributed by atoms with Crippen LogP contribution in [0.1, 0.15) is 24.0 Å². The van der Waals surface area contributed by atoms with Crippen molar-refractivity contribution in [3.8, 4) is 5.75 Å². The van der Waals surface area contributed by atoms with Gasteiger partial charge in [0.2, 0.25) is 5.91 Å². The summed E-state index contributed by atoms with van der Waals surface area (Å²) in [7, 11) is 3.49. The van der Waals surface area contributed by atoms with Crippen LogP contribution in [0.4, 0.5) is 0 Å². The number of methoxy groups -OCH3 is 1. The highest BCUT2D eigenvalue weighted by Crippen LogP contribution is 2.28. The van der Waals surface area contributed by atoms with Crippen LogP contribution in [0.5, 0.6) is 5.75 Å². The van der Waals surface area contributed by atoms with Gasteiger partial charge in [-0.2, -0.15) is 0 Å². The highest BCUT2D eigenvalue weighted by molar-refractivity contribution is 5.79. The Bertz CT molecular complexity index is 467. The van der Waals surface area contributed by atoms with Crippen molar-refractivity contribution in [3.05, 3.63) is 29.3 Å². The Kier molecular flexibility index (Phi) is 4.10. The lowest BCUT2D eigenvalue weighted by atomic mass is 9.80. The van der Waals surface area contributed by atoms with E-state index in [2.05, 4.69) is 6.07 Å². The average molecular weight is 262 g/mol.